The van der Waals surface area contributed by atoms with Crippen molar-refractivity contribution in [2.24, 2.45) is 29.2 Å². The summed E-state index contributed by atoms with van der Waals surface area (Å²) in [7, 11) is -1.40. The Bertz CT molecular complexity index is 474. The second kappa shape index (κ2) is 9.94. The number of carbonyl (C=O) groups excluding carboxylic acids is 1. The molecule has 142 valence electrons. The number of amides is 1. The number of rotatable bonds is 12. The van der Waals surface area contributed by atoms with Crippen molar-refractivity contribution in [2.45, 2.75) is 63.2 Å². The van der Waals surface area contributed by atoms with Crippen LogP contribution in [0.4, 0.5) is 0 Å². The molecule has 0 bridgehead atoms. The van der Waals surface area contributed by atoms with Crippen molar-refractivity contribution in [1.29, 1.82) is 0 Å². The van der Waals surface area contributed by atoms with E-state index in [2.05, 4.69) is 6.58 Å². The van der Waals surface area contributed by atoms with Gasteiger partial charge in [0.1, 0.15) is 5.54 Å². The van der Waals surface area contributed by atoms with Crippen LogP contribution in [0.5, 0.6) is 0 Å². The van der Waals surface area contributed by atoms with E-state index in [0.717, 1.165) is 12.8 Å². The van der Waals surface area contributed by atoms with Crippen molar-refractivity contribution in [3.8, 4) is 0 Å². The summed E-state index contributed by atoms with van der Waals surface area (Å²) in [6.45, 7) is 3.70. The summed E-state index contributed by atoms with van der Waals surface area (Å²) >= 11 is 0. The number of hydrogen-bond acceptors (Lipinski definition) is 5. The van der Waals surface area contributed by atoms with Crippen molar-refractivity contribution in [1.82, 2.24) is 0 Å². The lowest BCUT2D eigenvalue weighted by molar-refractivity contribution is -0.145. The van der Waals surface area contributed by atoms with E-state index in [0.29, 0.717) is 32.1 Å². The van der Waals surface area contributed by atoms with Crippen LogP contribution < -0.4 is 11.5 Å². The van der Waals surface area contributed by atoms with E-state index in [-0.39, 0.29) is 36.4 Å². The van der Waals surface area contributed by atoms with Gasteiger partial charge < -0.3 is 26.6 Å². The van der Waals surface area contributed by atoms with Crippen LogP contribution in [-0.4, -0.2) is 39.7 Å². The molecule has 4 atom stereocenters. The van der Waals surface area contributed by atoms with E-state index in [4.69, 9.17) is 21.5 Å². The SMILES string of the molecule is C=CCCC(CC(N)=O)C[C@@H]1CCC(N)(C(=O)O)C1CCCB(O)O. The van der Waals surface area contributed by atoms with Gasteiger partial charge in [-0.1, -0.05) is 12.5 Å². The average molecular weight is 354 g/mol. The molecule has 0 aliphatic heterocycles. The molecule has 1 aliphatic rings. The normalized spacial score (nSPS) is 27.0. The van der Waals surface area contributed by atoms with Crippen molar-refractivity contribution in [3.05, 3.63) is 12.7 Å². The van der Waals surface area contributed by atoms with Crippen LogP contribution in [-0.2, 0) is 9.59 Å². The van der Waals surface area contributed by atoms with Gasteiger partial charge in [0.15, 0.2) is 0 Å². The quantitative estimate of drug-likeness (QED) is 0.260. The molecule has 3 unspecified atom stereocenters. The van der Waals surface area contributed by atoms with E-state index in [1.165, 1.54) is 0 Å². The first-order valence-electron chi connectivity index (χ1n) is 8.98. The van der Waals surface area contributed by atoms with Gasteiger partial charge >= 0.3 is 13.1 Å². The largest absolute Gasteiger partial charge is 0.480 e. The zero-order valence-electron chi connectivity index (χ0n) is 14.8. The van der Waals surface area contributed by atoms with Crippen LogP contribution in [0.3, 0.4) is 0 Å². The zero-order chi connectivity index (χ0) is 19.0. The summed E-state index contributed by atoms with van der Waals surface area (Å²) in [5, 5.41) is 27.6. The molecule has 0 aromatic carbocycles. The predicted octanol–water partition coefficient (Wildman–Crippen LogP) is 0.896. The molecule has 0 aromatic rings. The van der Waals surface area contributed by atoms with Gasteiger partial charge in [0.2, 0.25) is 5.91 Å². The maximum Gasteiger partial charge on any atom is 0.451 e. The summed E-state index contributed by atoms with van der Waals surface area (Å²) in [4.78, 5) is 23.0. The minimum Gasteiger partial charge on any atom is -0.480 e. The lowest BCUT2D eigenvalue weighted by atomic mass is 9.73. The summed E-state index contributed by atoms with van der Waals surface area (Å²) in [5.74, 6) is -1.44. The van der Waals surface area contributed by atoms with Gasteiger partial charge in [-0.2, -0.15) is 0 Å². The zero-order valence-corrected chi connectivity index (χ0v) is 14.8. The van der Waals surface area contributed by atoms with Gasteiger partial charge in [-0.15, -0.1) is 6.58 Å². The van der Waals surface area contributed by atoms with Gasteiger partial charge in [0, 0.05) is 6.42 Å². The number of carbonyl (C=O) groups is 2. The van der Waals surface area contributed by atoms with Gasteiger partial charge in [0.05, 0.1) is 0 Å². The topological polar surface area (TPSA) is 147 Å². The summed E-state index contributed by atoms with van der Waals surface area (Å²) in [5.41, 5.74) is 10.3. The number of carboxylic acids is 1. The lowest BCUT2D eigenvalue weighted by Crippen LogP contribution is -2.52. The second-order valence-electron chi connectivity index (χ2n) is 7.30. The number of aliphatic carboxylic acids is 1. The molecule has 0 spiro atoms. The van der Waals surface area contributed by atoms with E-state index >= 15 is 0 Å². The smallest absolute Gasteiger partial charge is 0.451 e. The number of carboxylic acid groups (broad SMARTS) is 1. The van der Waals surface area contributed by atoms with E-state index in [1.54, 1.807) is 6.08 Å². The summed E-state index contributed by atoms with van der Waals surface area (Å²) in [6, 6.07) is 0. The fourth-order valence-corrected chi connectivity index (χ4v) is 4.16. The molecule has 1 aliphatic carbocycles. The van der Waals surface area contributed by atoms with Crippen LogP contribution >= 0.6 is 0 Å². The fraction of sp³-hybridized carbons (Fsp3) is 0.765. The maximum absolute atomic E-state index is 11.7. The molecule has 0 heterocycles. The molecule has 0 saturated heterocycles. The first-order chi connectivity index (χ1) is 11.7. The lowest BCUT2D eigenvalue weighted by Gasteiger charge is -2.32. The van der Waals surface area contributed by atoms with Crippen LogP contribution in [0, 0.1) is 17.8 Å². The minimum atomic E-state index is -1.40. The van der Waals surface area contributed by atoms with Crippen molar-refractivity contribution < 1.29 is 24.7 Å². The van der Waals surface area contributed by atoms with Gasteiger partial charge in [-0.3, -0.25) is 9.59 Å². The van der Waals surface area contributed by atoms with Crippen molar-refractivity contribution in [3.63, 3.8) is 0 Å². The highest BCUT2D eigenvalue weighted by atomic mass is 16.4. The number of allylic oxidation sites excluding steroid dienone is 1. The molecule has 7 N–H and O–H groups in total. The van der Waals surface area contributed by atoms with E-state index in [9.17, 15) is 14.7 Å². The van der Waals surface area contributed by atoms with Gasteiger partial charge in [-0.25, -0.2) is 0 Å². The summed E-state index contributed by atoms with van der Waals surface area (Å²) in [6.07, 6.45) is 6.64. The molecule has 0 aromatic heterocycles. The molecule has 1 fully saturated rings. The maximum atomic E-state index is 11.7. The highest BCUT2D eigenvalue weighted by Crippen LogP contribution is 2.45. The van der Waals surface area contributed by atoms with Gasteiger partial charge in [-0.05, 0) is 62.6 Å². The number of hydrogen-bond donors (Lipinski definition) is 5. The number of nitrogens with two attached hydrogens (primary N) is 2. The Balaban J connectivity index is 2.83. The Kier molecular flexibility index (Phi) is 8.62. The third-order valence-corrected chi connectivity index (χ3v) is 5.44. The Morgan fingerprint density at radius 1 is 1.40 bits per heavy atom. The van der Waals surface area contributed by atoms with Crippen LogP contribution in [0.15, 0.2) is 12.7 Å². The Morgan fingerprint density at radius 3 is 2.60 bits per heavy atom. The molecule has 1 saturated carbocycles. The van der Waals surface area contributed by atoms with Crippen molar-refractivity contribution >= 4 is 19.0 Å². The minimum absolute atomic E-state index is 0.0857. The van der Waals surface area contributed by atoms with E-state index in [1.807, 2.05) is 0 Å². The highest BCUT2D eigenvalue weighted by Gasteiger charge is 2.50. The first kappa shape index (κ1) is 21.7. The van der Waals surface area contributed by atoms with Crippen LogP contribution in [0.2, 0.25) is 6.32 Å². The van der Waals surface area contributed by atoms with Crippen LogP contribution in [0.25, 0.3) is 0 Å². The third-order valence-electron chi connectivity index (χ3n) is 5.44. The second-order valence-corrected chi connectivity index (χ2v) is 7.30. The Morgan fingerprint density at radius 2 is 2.08 bits per heavy atom. The molecule has 7 nitrogen and oxygen atoms in total. The molecular formula is C17H31BN2O5. The van der Waals surface area contributed by atoms with Crippen LogP contribution in [0.1, 0.15) is 51.4 Å². The van der Waals surface area contributed by atoms with Gasteiger partial charge in [0.25, 0.3) is 0 Å². The predicted molar refractivity (Wildman–Crippen MR) is 96.4 cm³/mol. The Hall–Kier alpha value is -1.38. The average Bonchev–Trinajstić information content (AvgIpc) is 2.82. The Labute approximate surface area is 149 Å². The first-order valence-corrected chi connectivity index (χ1v) is 8.98. The molecular weight excluding hydrogens is 323 g/mol. The molecule has 0 radical (unpaired) electrons. The molecule has 1 amide bonds. The van der Waals surface area contributed by atoms with Crippen molar-refractivity contribution in [2.75, 3.05) is 0 Å². The molecule has 1 rings (SSSR count). The number of primary amides is 1. The molecule has 25 heavy (non-hydrogen) atoms. The third kappa shape index (κ3) is 6.45. The standard InChI is InChI=1S/C17H31BN2O5/c1-2-3-5-12(11-15(19)21)10-13-7-8-17(20,16(22)23)14(13)6-4-9-18(24)25/h2,12-14,24-25H,1,3-11,20H2,(H2,19,21)(H,22,23)/t12?,13-,14?,17?/m0/s1. The molecule has 8 heteroatoms. The van der Waals surface area contributed by atoms with E-state index < -0.39 is 18.6 Å². The fourth-order valence-electron chi connectivity index (χ4n) is 4.16. The monoisotopic (exact) mass is 354 g/mol. The summed E-state index contributed by atoms with van der Waals surface area (Å²) < 4.78 is 0. The highest BCUT2D eigenvalue weighted by molar-refractivity contribution is 6.40.